The molecule has 1 saturated carbocycles. The Kier molecular flexibility index (Phi) is 3.96. The van der Waals surface area contributed by atoms with Crippen molar-refractivity contribution in [2.45, 2.75) is 38.1 Å². The van der Waals surface area contributed by atoms with Crippen LogP contribution in [0.15, 0.2) is 12.3 Å². The van der Waals surface area contributed by atoms with Gasteiger partial charge in [-0.05, 0) is 18.9 Å². The number of carboxylic acids is 1. The molecule has 1 aliphatic carbocycles. The Morgan fingerprint density at radius 1 is 1.44 bits per heavy atom. The van der Waals surface area contributed by atoms with E-state index in [9.17, 15) is 9.59 Å². The fraction of sp³-hybridized carbons (Fsp3) is 0.583. The Bertz CT molecular complexity index is 436. The lowest BCUT2D eigenvalue weighted by molar-refractivity contribution is -0.136. The van der Waals surface area contributed by atoms with E-state index in [0.717, 1.165) is 12.8 Å². The normalized spacial score (nSPS) is 15.8. The largest absolute Gasteiger partial charge is 0.481 e. The quantitative estimate of drug-likeness (QED) is 0.823. The van der Waals surface area contributed by atoms with E-state index in [-0.39, 0.29) is 18.9 Å². The van der Waals surface area contributed by atoms with Crippen molar-refractivity contribution in [2.24, 2.45) is 0 Å². The molecule has 1 fully saturated rings. The van der Waals surface area contributed by atoms with Crippen molar-refractivity contribution in [3.63, 3.8) is 0 Å². The smallest absolute Gasteiger partial charge is 0.305 e. The SMILES string of the molecule is O=C(O)CCNC(=O)c1ccnn1C1CCCC1. The molecular weight excluding hydrogens is 234 g/mol. The summed E-state index contributed by atoms with van der Waals surface area (Å²) in [5.74, 6) is -1.17. The van der Waals surface area contributed by atoms with Crippen LogP contribution < -0.4 is 5.32 Å². The Balaban J connectivity index is 1.97. The number of carbonyl (C=O) groups is 2. The summed E-state index contributed by atoms with van der Waals surface area (Å²) in [5, 5.41) is 15.3. The summed E-state index contributed by atoms with van der Waals surface area (Å²) in [6, 6.07) is 1.98. The van der Waals surface area contributed by atoms with E-state index in [1.54, 1.807) is 16.9 Å². The van der Waals surface area contributed by atoms with E-state index < -0.39 is 5.97 Å². The second kappa shape index (κ2) is 5.66. The molecule has 18 heavy (non-hydrogen) atoms. The second-order valence-electron chi connectivity index (χ2n) is 4.50. The lowest BCUT2D eigenvalue weighted by Crippen LogP contribution is -2.29. The summed E-state index contributed by atoms with van der Waals surface area (Å²) in [5.41, 5.74) is 0.521. The summed E-state index contributed by atoms with van der Waals surface area (Å²) in [6.07, 6.45) is 6.00. The van der Waals surface area contributed by atoms with Gasteiger partial charge in [0.05, 0.1) is 12.5 Å². The topological polar surface area (TPSA) is 84.2 Å². The molecule has 0 saturated heterocycles. The van der Waals surface area contributed by atoms with Crippen LogP contribution in [0.25, 0.3) is 0 Å². The minimum atomic E-state index is -0.917. The van der Waals surface area contributed by atoms with Crippen molar-refractivity contribution >= 4 is 11.9 Å². The van der Waals surface area contributed by atoms with Crippen LogP contribution in [0.3, 0.4) is 0 Å². The molecule has 0 unspecified atom stereocenters. The number of rotatable bonds is 5. The molecule has 0 spiro atoms. The van der Waals surface area contributed by atoms with E-state index >= 15 is 0 Å². The number of carbonyl (C=O) groups excluding carboxylic acids is 1. The maximum absolute atomic E-state index is 11.9. The van der Waals surface area contributed by atoms with Crippen molar-refractivity contribution in [3.05, 3.63) is 18.0 Å². The Morgan fingerprint density at radius 2 is 2.17 bits per heavy atom. The van der Waals surface area contributed by atoms with E-state index in [0.29, 0.717) is 11.7 Å². The van der Waals surface area contributed by atoms with E-state index in [1.807, 2.05) is 0 Å². The van der Waals surface area contributed by atoms with Gasteiger partial charge in [0.2, 0.25) is 0 Å². The zero-order chi connectivity index (χ0) is 13.0. The Labute approximate surface area is 105 Å². The van der Waals surface area contributed by atoms with Crippen molar-refractivity contribution < 1.29 is 14.7 Å². The molecule has 1 heterocycles. The third kappa shape index (κ3) is 2.88. The summed E-state index contributed by atoms with van der Waals surface area (Å²) in [4.78, 5) is 22.3. The summed E-state index contributed by atoms with van der Waals surface area (Å²) in [6.45, 7) is 0.143. The third-order valence-corrected chi connectivity index (χ3v) is 3.20. The van der Waals surface area contributed by atoms with Gasteiger partial charge in [0.25, 0.3) is 5.91 Å². The van der Waals surface area contributed by atoms with Crippen LogP contribution in [0, 0.1) is 0 Å². The van der Waals surface area contributed by atoms with Gasteiger partial charge in [-0.1, -0.05) is 12.8 Å². The van der Waals surface area contributed by atoms with Crippen LogP contribution in [-0.2, 0) is 4.79 Å². The molecule has 6 heteroatoms. The highest BCUT2D eigenvalue weighted by molar-refractivity contribution is 5.92. The average molecular weight is 251 g/mol. The fourth-order valence-corrected chi connectivity index (χ4v) is 2.31. The number of hydrogen-bond acceptors (Lipinski definition) is 3. The predicted molar refractivity (Wildman–Crippen MR) is 64.3 cm³/mol. The monoisotopic (exact) mass is 251 g/mol. The van der Waals surface area contributed by atoms with Crippen LogP contribution in [0.2, 0.25) is 0 Å². The van der Waals surface area contributed by atoms with Gasteiger partial charge in [-0.25, -0.2) is 0 Å². The number of hydrogen-bond donors (Lipinski definition) is 2. The number of carboxylic acid groups (broad SMARTS) is 1. The van der Waals surface area contributed by atoms with Crippen LogP contribution in [-0.4, -0.2) is 33.3 Å². The highest BCUT2D eigenvalue weighted by atomic mass is 16.4. The van der Waals surface area contributed by atoms with E-state index in [1.165, 1.54) is 12.8 Å². The number of aliphatic carboxylic acids is 1. The van der Waals surface area contributed by atoms with Gasteiger partial charge in [-0.3, -0.25) is 14.3 Å². The highest BCUT2D eigenvalue weighted by Crippen LogP contribution is 2.29. The molecule has 0 aliphatic heterocycles. The molecule has 0 atom stereocenters. The van der Waals surface area contributed by atoms with Gasteiger partial charge < -0.3 is 10.4 Å². The van der Waals surface area contributed by atoms with E-state index in [2.05, 4.69) is 10.4 Å². The van der Waals surface area contributed by atoms with Gasteiger partial charge in [0.15, 0.2) is 0 Å². The highest BCUT2D eigenvalue weighted by Gasteiger charge is 2.22. The number of aromatic nitrogens is 2. The number of amides is 1. The van der Waals surface area contributed by atoms with Crippen LogP contribution >= 0.6 is 0 Å². The minimum Gasteiger partial charge on any atom is -0.481 e. The molecule has 0 bridgehead atoms. The lowest BCUT2D eigenvalue weighted by Gasteiger charge is -2.13. The molecule has 2 rings (SSSR count). The van der Waals surface area contributed by atoms with Crippen LogP contribution in [0.5, 0.6) is 0 Å². The van der Waals surface area contributed by atoms with E-state index in [4.69, 9.17) is 5.11 Å². The maximum Gasteiger partial charge on any atom is 0.305 e. The molecular formula is C12H17N3O3. The average Bonchev–Trinajstić information content (AvgIpc) is 2.99. The van der Waals surface area contributed by atoms with Gasteiger partial charge in [-0.15, -0.1) is 0 Å². The molecule has 1 aromatic heterocycles. The van der Waals surface area contributed by atoms with Gasteiger partial charge >= 0.3 is 5.97 Å². The first kappa shape index (κ1) is 12.6. The summed E-state index contributed by atoms with van der Waals surface area (Å²) in [7, 11) is 0. The summed E-state index contributed by atoms with van der Waals surface area (Å²) < 4.78 is 1.77. The van der Waals surface area contributed by atoms with Crippen molar-refractivity contribution in [3.8, 4) is 0 Å². The molecule has 1 aliphatic rings. The van der Waals surface area contributed by atoms with Crippen molar-refractivity contribution in [1.82, 2.24) is 15.1 Å². The predicted octanol–water partition coefficient (Wildman–Crippen LogP) is 1.20. The van der Waals surface area contributed by atoms with Gasteiger partial charge in [0.1, 0.15) is 5.69 Å². The molecule has 0 radical (unpaired) electrons. The van der Waals surface area contributed by atoms with Gasteiger partial charge in [0, 0.05) is 12.7 Å². The lowest BCUT2D eigenvalue weighted by atomic mass is 10.2. The maximum atomic E-state index is 11.9. The zero-order valence-corrected chi connectivity index (χ0v) is 10.1. The summed E-state index contributed by atoms with van der Waals surface area (Å²) >= 11 is 0. The van der Waals surface area contributed by atoms with Crippen LogP contribution in [0.1, 0.15) is 48.6 Å². The first-order chi connectivity index (χ1) is 8.68. The fourth-order valence-electron chi connectivity index (χ4n) is 2.31. The van der Waals surface area contributed by atoms with Crippen molar-refractivity contribution in [2.75, 3.05) is 6.54 Å². The van der Waals surface area contributed by atoms with Crippen molar-refractivity contribution in [1.29, 1.82) is 0 Å². The van der Waals surface area contributed by atoms with Crippen LogP contribution in [0.4, 0.5) is 0 Å². The number of nitrogens with zero attached hydrogens (tertiary/aromatic N) is 2. The molecule has 98 valence electrons. The van der Waals surface area contributed by atoms with Gasteiger partial charge in [-0.2, -0.15) is 5.10 Å². The third-order valence-electron chi connectivity index (χ3n) is 3.20. The Hall–Kier alpha value is -1.85. The Morgan fingerprint density at radius 3 is 2.83 bits per heavy atom. The molecule has 1 aromatic rings. The first-order valence-corrected chi connectivity index (χ1v) is 6.22. The molecule has 1 amide bonds. The minimum absolute atomic E-state index is 0.0662. The molecule has 0 aromatic carbocycles. The standard InChI is InChI=1S/C12H17N3O3/c16-11(17)6-7-13-12(18)10-5-8-14-15(10)9-3-1-2-4-9/h5,8-9H,1-4,6-7H2,(H,13,18)(H,16,17). The molecule has 2 N–H and O–H groups in total. The second-order valence-corrected chi connectivity index (χ2v) is 4.50. The first-order valence-electron chi connectivity index (χ1n) is 6.22. The molecule has 6 nitrogen and oxygen atoms in total. The number of nitrogens with one attached hydrogen (secondary N) is 1. The zero-order valence-electron chi connectivity index (χ0n) is 10.1.